The molecule has 0 radical (unpaired) electrons. The van der Waals surface area contributed by atoms with Crippen LogP contribution in [-0.4, -0.2) is 136 Å². The highest BCUT2D eigenvalue weighted by Crippen LogP contribution is 2.62. The average molecular weight is 699 g/mol. The van der Waals surface area contributed by atoms with Crippen LogP contribution in [0.4, 0.5) is 0 Å². The number of carbonyl (C=O) groups is 2. The van der Waals surface area contributed by atoms with Crippen LogP contribution in [0.2, 0.25) is 0 Å². The lowest BCUT2D eigenvalue weighted by Gasteiger charge is -2.59. The van der Waals surface area contributed by atoms with Gasteiger partial charge in [0.2, 0.25) is 0 Å². The van der Waals surface area contributed by atoms with E-state index in [4.69, 9.17) is 33.2 Å². The van der Waals surface area contributed by atoms with Crippen LogP contribution < -0.4 is 0 Å². The number of rotatable bonds is 7. The van der Waals surface area contributed by atoms with Gasteiger partial charge >= 0.3 is 11.9 Å². The van der Waals surface area contributed by atoms with Gasteiger partial charge in [-0.3, -0.25) is 4.79 Å². The van der Waals surface area contributed by atoms with Crippen LogP contribution in [0.25, 0.3) is 0 Å². The minimum absolute atomic E-state index is 0.0650. The first-order valence-corrected chi connectivity index (χ1v) is 17.1. The van der Waals surface area contributed by atoms with Crippen molar-refractivity contribution in [2.75, 3.05) is 13.2 Å². The summed E-state index contributed by atoms with van der Waals surface area (Å²) in [5, 5.41) is 64.6. The van der Waals surface area contributed by atoms with Gasteiger partial charge < -0.3 is 63.8 Å². The minimum atomic E-state index is -1.69. The molecular formula is C34H50O15. The first kappa shape index (κ1) is 36.8. The van der Waals surface area contributed by atoms with E-state index >= 15 is 0 Å². The Bertz CT molecular complexity index is 1330. The van der Waals surface area contributed by atoms with E-state index in [0.29, 0.717) is 31.3 Å². The molecule has 0 bridgehead atoms. The quantitative estimate of drug-likeness (QED) is 0.149. The lowest BCUT2D eigenvalue weighted by molar-refractivity contribution is -0.375. The van der Waals surface area contributed by atoms with Gasteiger partial charge in [-0.1, -0.05) is 26.3 Å². The predicted molar refractivity (Wildman–Crippen MR) is 165 cm³/mol. The van der Waals surface area contributed by atoms with E-state index in [1.807, 2.05) is 0 Å². The Balaban J connectivity index is 1.24. The van der Waals surface area contributed by atoms with Gasteiger partial charge in [-0.25, -0.2) is 4.79 Å². The molecule has 0 aromatic rings. The molecule has 3 fully saturated rings. The molecule has 4 aliphatic heterocycles. The minimum Gasteiger partial charge on any atom is -0.463 e. The number of fused-ring (bicyclic) bond motifs is 2. The predicted octanol–water partition coefficient (Wildman–Crippen LogP) is -0.282. The molecule has 6 N–H and O–H groups in total. The van der Waals surface area contributed by atoms with Crippen molar-refractivity contribution in [3.63, 3.8) is 0 Å². The molecule has 15 heteroatoms. The zero-order valence-electron chi connectivity index (χ0n) is 28.5. The zero-order valence-corrected chi connectivity index (χ0v) is 28.5. The third kappa shape index (κ3) is 6.73. The van der Waals surface area contributed by atoms with Crippen LogP contribution >= 0.6 is 0 Å². The highest BCUT2D eigenvalue weighted by atomic mass is 16.8. The number of ether oxygens (including phenoxy) is 7. The van der Waals surface area contributed by atoms with Gasteiger partial charge in [-0.05, 0) is 61.3 Å². The summed E-state index contributed by atoms with van der Waals surface area (Å²) in [6.07, 6.45) is -11.8. The molecule has 49 heavy (non-hydrogen) atoms. The Kier molecular flexibility index (Phi) is 10.4. The standard InChI is InChI=1S/C34H50O15/c1-14-24(37)26(39)28(41)31(45-14)49-29-27(40)25(38)20(13-43-15(2)35)47-32(29)48-22-8-9-34(5)18-11-19(16-10-23(36)44-12-16)46-30(42)17(18)6-7-21(34)33(22,3)4/h10,14,19-22,24-32,37-42H,6-9,11-13H2,1-5H3/t14-,19+,20+,21+,22-,24-,25+,26+,27-,28+,29+,30-,31-,32-,34+/m0/s1. The smallest absolute Gasteiger partial charge is 0.331 e. The second kappa shape index (κ2) is 13.8. The van der Waals surface area contributed by atoms with Gasteiger partial charge in [0.05, 0.1) is 18.3 Å². The molecule has 4 heterocycles. The third-order valence-corrected chi connectivity index (χ3v) is 11.8. The third-order valence-electron chi connectivity index (χ3n) is 11.8. The molecule has 0 aromatic heterocycles. The van der Waals surface area contributed by atoms with E-state index < -0.39 is 97.3 Å². The number of cyclic esters (lactones) is 1. The molecule has 15 atom stereocenters. The summed E-state index contributed by atoms with van der Waals surface area (Å²) in [5.41, 5.74) is 1.84. The van der Waals surface area contributed by atoms with E-state index in [1.165, 1.54) is 19.9 Å². The van der Waals surface area contributed by atoms with E-state index in [9.17, 15) is 40.2 Å². The molecule has 6 rings (SSSR count). The summed E-state index contributed by atoms with van der Waals surface area (Å²) in [6, 6.07) is 0. The van der Waals surface area contributed by atoms with Crippen LogP contribution in [0.15, 0.2) is 22.8 Å². The summed E-state index contributed by atoms with van der Waals surface area (Å²) in [7, 11) is 0. The first-order chi connectivity index (χ1) is 23.0. The summed E-state index contributed by atoms with van der Waals surface area (Å²) < 4.78 is 40.6. The van der Waals surface area contributed by atoms with Crippen LogP contribution in [0, 0.1) is 16.7 Å². The fraction of sp³-hybridized carbons (Fsp3) is 0.824. The van der Waals surface area contributed by atoms with Crippen molar-refractivity contribution in [3.8, 4) is 0 Å². The molecule has 2 saturated heterocycles. The van der Waals surface area contributed by atoms with Gasteiger partial charge in [0.1, 0.15) is 55.9 Å². The molecule has 0 spiro atoms. The van der Waals surface area contributed by atoms with Gasteiger partial charge in [0, 0.05) is 18.6 Å². The van der Waals surface area contributed by atoms with Gasteiger partial charge in [0.15, 0.2) is 18.9 Å². The topological polar surface area (TPSA) is 220 Å². The number of hydrogen-bond donors (Lipinski definition) is 6. The summed E-state index contributed by atoms with van der Waals surface area (Å²) in [5.74, 6) is -0.966. The van der Waals surface area contributed by atoms with Crippen molar-refractivity contribution < 1.29 is 73.4 Å². The van der Waals surface area contributed by atoms with Gasteiger partial charge in [-0.2, -0.15) is 0 Å². The van der Waals surface area contributed by atoms with Crippen LogP contribution in [-0.2, 0) is 42.7 Å². The molecule has 0 aromatic carbocycles. The van der Waals surface area contributed by atoms with Gasteiger partial charge in [-0.15, -0.1) is 0 Å². The highest BCUT2D eigenvalue weighted by Gasteiger charge is 2.58. The van der Waals surface area contributed by atoms with E-state index in [0.717, 1.165) is 17.6 Å². The maximum Gasteiger partial charge on any atom is 0.331 e. The first-order valence-electron chi connectivity index (χ1n) is 17.1. The van der Waals surface area contributed by atoms with Crippen LogP contribution in [0.3, 0.4) is 0 Å². The zero-order chi connectivity index (χ0) is 35.6. The van der Waals surface area contributed by atoms with E-state index in [2.05, 4.69) is 20.8 Å². The molecule has 1 saturated carbocycles. The fourth-order valence-corrected chi connectivity index (χ4v) is 8.98. The second-order valence-corrected chi connectivity index (χ2v) is 15.1. The van der Waals surface area contributed by atoms with Crippen molar-refractivity contribution in [3.05, 3.63) is 22.8 Å². The molecular weight excluding hydrogens is 648 g/mol. The Morgan fingerprint density at radius 1 is 0.918 bits per heavy atom. The van der Waals surface area contributed by atoms with Gasteiger partial charge in [0.25, 0.3) is 0 Å². The Hall–Kier alpha value is -2.02. The molecule has 15 nitrogen and oxygen atoms in total. The van der Waals surface area contributed by atoms with Crippen molar-refractivity contribution in [2.45, 2.75) is 147 Å². The molecule has 6 aliphatic rings. The summed E-state index contributed by atoms with van der Waals surface area (Å²) in [4.78, 5) is 23.4. The number of hydrogen-bond acceptors (Lipinski definition) is 15. The molecule has 0 unspecified atom stereocenters. The SMILES string of the molecule is CC(=O)OC[C@H]1O[C@@H](O[C@H]2CC[C@]3(C)C4=C(CC[C@@H]3C2(C)C)[C@@H](O)O[C@@H](C2=CC(=O)OC2)C4)[C@H](O[C@@H]2O[C@@H](C)[C@H](O)[C@@H](O)[C@H]2O)[C@@H](O)[C@@H]1O. The number of aliphatic hydroxyl groups excluding tert-OH is 6. The highest BCUT2D eigenvalue weighted by molar-refractivity contribution is 5.85. The van der Waals surface area contributed by atoms with Crippen molar-refractivity contribution in [2.24, 2.45) is 16.7 Å². The second-order valence-electron chi connectivity index (χ2n) is 15.1. The Morgan fingerprint density at radius 2 is 1.65 bits per heavy atom. The van der Waals surface area contributed by atoms with E-state index in [1.54, 1.807) is 0 Å². The number of carbonyl (C=O) groups excluding carboxylic acids is 2. The molecule has 2 aliphatic carbocycles. The monoisotopic (exact) mass is 698 g/mol. The summed E-state index contributed by atoms with van der Waals surface area (Å²) >= 11 is 0. The lowest BCUT2D eigenvalue weighted by atomic mass is 9.48. The fourth-order valence-electron chi connectivity index (χ4n) is 8.98. The normalized spacial score (nSPS) is 46.8. The average Bonchev–Trinajstić information content (AvgIpc) is 3.48. The lowest BCUT2D eigenvalue weighted by Crippen LogP contribution is -2.65. The van der Waals surface area contributed by atoms with Crippen molar-refractivity contribution in [1.29, 1.82) is 0 Å². The molecule has 276 valence electrons. The maximum absolute atomic E-state index is 11.8. The number of esters is 2. The Labute approximate surface area is 284 Å². The Morgan fingerprint density at radius 3 is 2.33 bits per heavy atom. The largest absolute Gasteiger partial charge is 0.463 e. The molecule has 0 amide bonds. The summed E-state index contributed by atoms with van der Waals surface area (Å²) in [6.45, 7) is 8.85. The van der Waals surface area contributed by atoms with E-state index in [-0.39, 0.29) is 24.5 Å². The maximum atomic E-state index is 11.8. The van der Waals surface area contributed by atoms with Crippen molar-refractivity contribution in [1.82, 2.24) is 0 Å². The van der Waals surface area contributed by atoms with Crippen LogP contribution in [0.5, 0.6) is 0 Å². The number of aliphatic hydroxyl groups is 6. The van der Waals surface area contributed by atoms with Crippen molar-refractivity contribution >= 4 is 11.9 Å². The van der Waals surface area contributed by atoms with Crippen LogP contribution in [0.1, 0.15) is 66.7 Å².